The van der Waals surface area contributed by atoms with Crippen molar-refractivity contribution in [1.29, 1.82) is 0 Å². The topological polar surface area (TPSA) is 97.5 Å². The molecule has 6 rings (SSSR count). The summed E-state index contributed by atoms with van der Waals surface area (Å²) in [5, 5.41) is 5.10. The first kappa shape index (κ1) is 22.7. The Balaban J connectivity index is 1.33. The van der Waals surface area contributed by atoms with Gasteiger partial charge in [0.05, 0.1) is 18.9 Å². The van der Waals surface area contributed by atoms with Crippen molar-refractivity contribution < 1.29 is 18.4 Å². The van der Waals surface area contributed by atoms with Gasteiger partial charge in [0.2, 0.25) is 5.91 Å². The number of rotatable bonds is 7. The number of ether oxygens (including phenoxy) is 1. The lowest BCUT2D eigenvalue weighted by Gasteiger charge is -2.07. The fraction of sp³-hybridized carbons (Fsp3) is 0.133. The molecule has 7 heteroatoms. The Labute approximate surface area is 211 Å². The number of fused-ring (bicyclic) bond motifs is 4. The molecule has 0 aliphatic carbocycles. The summed E-state index contributed by atoms with van der Waals surface area (Å²) < 4.78 is 17.1. The molecule has 0 radical (unpaired) electrons. The largest absolute Gasteiger partial charge is 0.497 e. The minimum Gasteiger partial charge on any atom is -0.497 e. The standard InChI is InChI=1S/C30H24N2O5/c1-35-20-12-10-18(11-13-20)28-23(27-29(37-28)22-7-3-5-9-25(22)36-30(27)34)16-26(33)31-15-14-19-17-32-24-8-4-2-6-21(19)24/h2-13,17,32H,14-16H2,1H3,(H,31,33). The number of para-hydroxylation sites is 2. The van der Waals surface area contributed by atoms with Crippen molar-refractivity contribution in [3.8, 4) is 17.1 Å². The van der Waals surface area contributed by atoms with E-state index in [1.807, 2.05) is 60.8 Å². The van der Waals surface area contributed by atoms with Gasteiger partial charge in [0.15, 0.2) is 5.58 Å². The number of aromatic amines is 1. The van der Waals surface area contributed by atoms with Crippen molar-refractivity contribution in [2.75, 3.05) is 13.7 Å². The summed E-state index contributed by atoms with van der Waals surface area (Å²) in [7, 11) is 1.60. The van der Waals surface area contributed by atoms with Gasteiger partial charge < -0.3 is 23.9 Å². The third-order valence-electron chi connectivity index (χ3n) is 6.63. The van der Waals surface area contributed by atoms with Crippen LogP contribution in [-0.2, 0) is 17.6 Å². The summed E-state index contributed by atoms with van der Waals surface area (Å²) in [6.45, 7) is 0.464. The molecule has 0 aliphatic rings. The Kier molecular flexibility index (Phi) is 5.73. The third kappa shape index (κ3) is 4.14. The lowest BCUT2D eigenvalue weighted by molar-refractivity contribution is -0.120. The van der Waals surface area contributed by atoms with Crippen LogP contribution < -0.4 is 15.7 Å². The molecule has 3 aromatic heterocycles. The molecule has 6 aromatic rings. The summed E-state index contributed by atoms with van der Waals surface area (Å²) in [6.07, 6.45) is 2.63. The Bertz CT molecular complexity index is 1810. The van der Waals surface area contributed by atoms with E-state index >= 15 is 0 Å². The maximum atomic E-state index is 13.1. The second-order valence-corrected chi connectivity index (χ2v) is 8.86. The monoisotopic (exact) mass is 492 g/mol. The van der Waals surface area contributed by atoms with Gasteiger partial charge in [-0.25, -0.2) is 4.79 Å². The highest BCUT2D eigenvalue weighted by molar-refractivity contribution is 6.05. The average molecular weight is 493 g/mol. The first-order chi connectivity index (χ1) is 18.1. The number of aromatic nitrogens is 1. The molecular formula is C30H24N2O5. The fourth-order valence-electron chi connectivity index (χ4n) is 4.81. The molecule has 0 fully saturated rings. The average Bonchev–Trinajstić information content (AvgIpc) is 3.51. The molecule has 2 N–H and O–H groups in total. The molecule has 0 atom stereocenters. The highest BCUT2D eigenvalue weighted by atomic mass is 16.5. The highest BCUT2D eigenvalue weighted by Crippen LogP contribution is 2.36. The molecule has 0 aliphatic heterocycles. The van der Waals surface area contributed by atoms with Crippen molar-refractivity contribution in [3.63, 3.8) is 0 Å². The highest BCUT2D eigenvalue weighted by Gasteiger charge is 2.24. The Morgan fingerprint density at radius 3 is 2.51 bits per heavy atom. The van der Waals surface area contributed by atoms with Crippen LogP contribution in [0.1, 0.15) is 11.1 Å². The van der Waals surface area contributed by atoms with E-state index in [0.29, 0.717) is 46.6 Å². The van der Waals surface area contributed by atoms with Crippen molar-refractivity contribution >= 4 is 38.7 Å². The van der Waals surface area contributed by atoms with E-state index in [0.717, 1.165) is 22.0 Å². The van der Waals surface area contributed by atoms with Gasteiger partial charge in [-0.05, 0) is 54.4 Å². The Morgan fingerprint density at radius 1 is 0.946 bits per heavy atom. The summed E-state index contributed by atoms with van der Waals surface area (Å²) in [4.78, 5) is 29.4. The summed E-state index contributed by atoms with van der Waals surface area (Å²) >= 11 is 0. The van der Waals surface area contributed by atoms with E-state index in [4.69, 9.17) is 13.6 Å². The van der Waals surface area contributed by atoms with Gasteiger partial charge in [-0.1, -0.05) is 30.3 Å². The molecule has 0 unspecified atom stereocenters. The molecule has 0 bridgehead atoms. The maximum absolute atomic E-state index is 13.1. The molecule has 184 valence electrons. The minimum atomic E-state index is -0.529. The zero-order valence-electron chi connectivity index (χ0n) is 20.2. The molecule has 3 heterocycles. The van der Waals surface area contributed by atoms with E-state index in [1.54, 1.807) is 19.2 Å². The number of H-pyrrole nitrogens is 1. The van der Waals surface area contributed by atoms with Gasteiger partial charge in [-0.15, -0.1) is 0 Å². The Morgan fingerprint density at radius 2 is 1.70 bits per heavy atom. The fourth-order valence-corrected chi connectivity index (χ4v) is 4.81. The second-order valence-electron chi connectivity index (χ2n) is 8.86. The summed E-state index contributed by atoms with van der Waals surface area (Å²) in [5.74, 6) is 0.958. The molecule has 0 saturated carbocycles. The molecule has 3 aromatic carbocycles. The van der Waals surface area contributed by atoms with Crippen LogP contribution in [0.5, 0.6) is 5.75 Å². The van der Waals surface area contributed by atoms with E-state index < -0.39 is 5.63 Å². The van der Waals surface area contributed by atoms with Gasteiger partial charge >= 0.3 is 5.63 Å². The lowest BCUT2D eigenvalue weighted by Crippen LogP contribution is -2.27. The van der Waals surface area contributed by atoms with Crippen molar-refractivity contribution in [1.82, 2.24) is 10.3 Å². The molecule has 1 amide bonds. The zero-order valence-corrected chi connectivity index (χ0v) is 20.2. The van der Waals surface area contributed by atoms with E-state index in [2.05, 4.69) is 16.4 Å². The second kappa shape index (κ2) is 9.35. The first-order valence-corrected chi connectivity index (χ1v) is 12.1. The lowest BCUT2D eigenvalue weighted by atomic mass is 10.0. The van der Waals surface area contributed by atoms with Crippen molar-refractivity contribution in [2.45, 2.75) is 12.8 Å². The molecule has 37 heavy (non-hydrogen) atoms. The van der Waals surface area contributed by atoms with E-state index in [1.165, 1.54) is 0 Å². The minimum absolute atomic E-state index is 0.0225. The van der Waals surface area contributed by atoms with Crippen LogP contribution in [0.3, 0.4) is 0 Å². The van der Waals surface area contributed by atoms with Gasteiger partial charge in [-0.3, -0.25) is 4.79 Å². The normalized spacial score (nSPS) is 11.4. The number of benzene rings is 3. The predicted octanol–water partition coefficient (Wildman–Crippen LogP) is 5.60. The quantitative estimate of drug-likeness (QED) is 0.283. The molecule has 0 saturated heterocycles. The third-order valence-corrected chi connectivity index (χ3v) is 6.63. The van der Waals surface area contributed by atoms with Crippen LogP contribution in [0.25, 0.3) is 44.2 Å². The summed E-state index contributed by atoms with van der Waals surface area (Å²) in [5.41, 5.74) is 3.77. The van der Waals surface area contributed by atoms with Crippen LogP contribution in [-0.4, -0.2) is 24.5 Å². The number of amides is 1. The SMILES string of the molecule is COc1ccc(-c2oc3c(c2CC(=O)NCCc2c[nH]c4ccccc24)c(=O)oc2ccccc23)cc1. The van der Waals surface area contributed by atoms with Gasteiger partial charge in [0.1, 0.15) is 22.5 Å². The molecular weight excluding hydrogens is 468 g/mol. The predicted molar refractivity (Wildman–Crippen MR) is 143 cm³/mol. The van der Waals surface area contributed by atoms with Gasteiger partial charge in [-0.2, -0.15) is 0 Å². The van der Waals surface area contributed by atoms with Crippen LogP contribution in [0.4, 0.5) is 0 Å². The van der Waals surface area contributed by atoms with Crippen molar-refractivity contribution in [2.24, 2.45) is 0 Å². The van der Waals surface area contributed by atoms with Gasteiger partial charge in [0.25, 0.3) is 0 Å². The van der Waals surface area contributed by atoms with Crippen LogP contribution in [0, 0.1) is 0 Å². The first-order valence-electron chi connectivity index (χ1n) is 12.1. The van der Waals surface area contributed by atoms with E-state index in [-0.39, 0.29) is 17.7 Å². The zero-order chi connectivity index (χ0) is 25.4. The van der Waals surface area contributed by atoms with Crippen LogP contribution >= 0.6 is 0 Å². The number of carbonyl (C=O) groups is 1. The summed E-state index contributed by atoms with van der Waals surface area (Å²) in [6, 6.07) is 22.6. The number of hydrogen-bond donors (Lipinski definition) is 2. The molecule has 0 spiro atoms. The van der Waals surface area contributed by atoms with Crippen molar-refractivity contribution in [3.05, 3.63) is 101 Å². The smallest absolute Gasteiger partial charge is 0.347 e. The number of furan rings is 1. The number of carbonyl (C=O) groups excluding carboxylic acids is 1. The number of methoxy groups -OCH3 is 1. The van der Waals surface area contributed by atoms with E-state index in [9.17, 15) is 9.59 Å². The number of hydrogen-bond acceptors (Lipinski definition) is 5. The number of nitrogens with one attached hydrogen (secondary N) is 2. The maximum Gasteiger partial charge on any atom is 0.347 e. The Hall–Kier alpha value is -4.78. The van der Waals surface area contributed by atoms with Gasteiger partial charge in [0, 0.05) is 34.8 Å². The molecule has 7 nitrogen and oxygen atoms in total. The van der Waals surface area contributed by atoms with Crippen LogP contribution in [0.15, 0.2) is 92.6 Å². The van der Waals surface area contributed by atoms with Crippen LogP contribution in [0.2, 0.25) is 0 Å².